The van der Waals surface area contributed by atoms with Crippen LogP contribution in [0.3, 0.4) is 0 Å². The van der Waals surface area contributed by atoms with Gasteiger partial charge in [0.15, 0.2) is 0 Å². The summed E-state index contributed by atoms with van der Waals surface area (Å²) in [6.45, 7) is 2.81. The van der Waals surface area contributed by atoms with Crippen LogP contribution >= 0.6 is 11.3 Å². The molecular weight excluding hydrogens is 222 g/mol. The van der Waals surface area contributed by atoms with Crippen molar-refractivity contribution in [3.05, 3.63) is 17.0 Å². The summed E-state index contributed by atoms with van der Waals surface area (Å²) in [5.41, 5.74) is 1.25. The molecule has 0 spiro atoms. The first kappa shape index (κ1) is 10.1. The third-order valence-electron chi connectivity index (χ3n) is 3.32. The van der Waals surface area contributed by atoms with Gasteiger partial charge >= 0.3 is 6.03 Å². The summed E-state index contributed by atoms with van der Waals surface area (Å²) in [7, 11) is 0. The fourth-order valence-corrected chi connectivity index (χ4v) is 3.21. The van der Waals surface area contributed by atoms with Crippen molar-refractivity contribution in [2.75, 3.05) is 18.4 Å². The molecule has 1 aromatic rings. The number of amides is 2. The highest BCUT2D eigenvalue weighted by molar-refractivity contribution is 7.14. The lowest BCUT2D eigenvalue weighted by atomic mass is 10.0. The second-order valence-corrected chi connectivity index (χ2v) is 5.23. The minimum absolute atomic E-state index is 0.0712. The molecule has 4 nitrogen and oxygen atoms in total. The first-order valence-corrected chi connectivity index (χ1v) is 6.57. The zero-order valence-electron chi connectivity index (χ0n) is 9.03. The van der Waals surface area contributed by atoms with E-state index in [9.17, 15) is 4.79 Å². The zero-order chi connectivity index (χ0) is 11.0. The molecule has 16 heavy (non-hydrogen) atoms. The Balaban J connectivity index is 1.79. The van der Waals surface area contributed by atoms with Gasteiger partial charge in [0.1, 0.15) is 5.00 Å². The van der Waals surface area contributed by atoms with Crippen LogP contribution in [0, 0.1) is 0 Å². The Hall–Kier alpha value is -1.07. The maximum Gasteiger partial charge on any atom is 0.323 e. The second kappa shape index (κ2) is 4.07. The molecule has 2 amide bonds. The summed E-state index contributed by atoms with van der Waals surface area (Å²) in [6.07, 6.45) is 2.12. The fraction of sp³-hybridized carbons (Fsp3) is 0.545. The standard InChI is InChI=1S/C11H15N3OS/c15-11-13-10-8(3-6-16-10)7-14(11)9-1-4-12-5-2-9/h3,6,9,12H,1-2,4-5,7H2,(H,13,15). The Morgan fingerprint density at radius 3 is 3.00 bits per heavy atom. The predicted molar refractivity (Wildman–Crippen MR) is 64.8 cm³/mol. The van der Waals surface area contributed by atoms with Crippen LogP contribution in [-0.2, 0) is 6.54 Å². The van der Waals surface area contributed by atoms with Crippen molar-refractivity contribution >= 4 is 22.4 Å². The summed E-state index contributed by atoms with van der Waals surface area (Å²) in [5, 5.41) is 9.36. The monoisotopic (exact) mass is 237 g/mol. The highest BCUT2D eigenvalue weighted by Gasteiger charge is 2.30. The van der Waals surface area contributed by atoms with E-state index in [4.69, 9.17) is 0 Å². The smallest absolute Gasteiger partial charge is 0.317 e. The summed E-state index contributed by atoms with van der Waals surface area (Å²) in [6, 6.07) is 2.57. The van der Waals surface area contributed by atoms with E-state index in [1.807, 2.05) is 10.3 Å². The summed E-state index contributed by atoms with van der Waals surface area (Å²) in [5.74, 6) is 0. The Kier molecular flexibility index (Phi) is 2.57. The van der Waals surface area contributed by atoms with Crippen molar-refractivity contribution < 1.29 is 4.79 Å². The normalized spacial score (nSPS) is 21.8. The van der Waals surface area contributed by atoms with E-state index in [1.54, 1.807) is 11.3 Å². The van der Waals surface area contributed by atoms with Gasteiger partial charge in [-0.25, -0.2) is 4.79 Å². The van der Waals surface area contributed by atoms with Gasteiger partial charge < -0.3 is 10.2 Å². The highest BCUT2D eigenvalue weighted by Crippen LogP contribution is 2.30. The molecule has 86 valence electrons. The molecule has 2 aliphatic heterocycles. The van der Waals surface area contributed by atoms with Crippen LogP contribution in [-0.4, -0.2) is 30.1 Å². The van der Waals surface area contributed by atoms with Crippen LogP contribution in [0.1, 0.15) is 18.4 Å². The first-order valence-electron chi connectivity index (χ1n) is 5.69. The third kappa shape index (κ3) is 1.70. The molecule has 3 rings (SSSR count). The molecular formula is C11H15N3OS. The van der Waals surface area contributed by atoms with Crippen LogP contribution in [0.5, 0.6) is 0 Å². The molecule has 1 fully saturated rings. The van der Waals surface area contributed by atoms with Crippen LogP contribution < -0.4 is 10.6 Å². The Morgan fingerprint density at radius 1 is 1.38 bits per heavy atom. The number of urea groups is 1. The van der Waals surface area contributed by atoms with Crippen molar-refractivity contribution in [3.8, 4) is 0 Å². The SMILES string of the molecule is O=C1Nc2sccc2CN1C1CCNCC1. The van der Waals surface area contributed by atoms with Crippen LogP contribution in [0.4, 0.5) is 9.80 Å². The number of thiophene rings is 1. The maximum absolute atomic E-state index is 12.0. The van der Waals surface area contributed by atoms with Crippen molar-refractivity contribution in [2.24, 2.45) is 0 Å². The molecule has 0 saturated carbocycles. The first-order chi connectivity index (χ1) is 7.84. The zero-order valence-corrected chi connectivity index (χ0v) is 9.85. The number of piperidine rings is 1. The number of rotatable bonds is 1. The van der Waals surface area contributed by atoms with Gasteiger partial charge in [0, 0.05) is 11.6 Å². The Bertz CT molecular complexity index is 398. The van der Waals surface area contributed by atoms with E-state index >= 15 is 0 Å². The number of carbonyl (C=O) groups excluding carboxylic acids is 1. The molecule has 0 aliphatic carbocycles. The van der Waals surface area contributed by atoms with E-state index < -0.39 is 0 Å². The lowest BCUT2D eigenvalue weighted by Crippen LogP contribution is -2.49. The number of nitrogens with zero attached hydrogens (tertiary/aromatic N) is 1. The lowest BCUT2D eigenvalue weighted by Gasteiger charge is -2.36. The number of hydrogen-bond acceptors (Lipinski definition) is 3. The summed E-state index contributed by atoms with van der Waals surface area (Å²) < 4.78 is 0. The molecule has 1 saturated heterocycles. The minimum Gasteiger partial charge on any atom is -0.317 e. The van der Waals surface area contributed by atoms with Crippen molar-refractivity contribution in [1.29, 1.82) is 0 Å². The lowest BCUT2D eigenvalue weighted by molar-refractivity contribution is 0.164. The van der Waals surface area contributed by atoms with Gasteiger partial charge in [-0.15, -0.1) is 11.3 Å². The van der Waals surface area contributed by atoms with Gasteiger partial charge in [0.05, 0.1) is 6.54 Å². The molecule has 0 bridgehead atoms. The van der Waals surface area contributed by atoms with E-state index in [-0.39, 0.29) is 6.03 Å². The fourth-order valence-electron chi connectivity index (χ4n) is 2.41. The molecule has 3 heterocycles. The summed E-state index contributed by atoms with van der Waals surface area (Å²) in [4.78, 5) is 13.9. The Labute approximate surface area is 98.6 Å². The number of nitrogens with one attached hydrogen (secondary N) is 2. The van der Waals surface area contributed by atoms with Crippen LogP contribution in [0.25, 0.3) is 0 Å². The predicted octanol–water partition coefficient (Wildman–Crippen LogP) is 1.85. The average Bonchev–Trinajstić information content (AvgIpc) is 2.76. The second-order valence-electron chi connectivity index (χ2n) is 4.31. The molecule has 2 N–H and O–H groups in total. The van der Waals surface area contributed by atoms with Crippen LogP contribution in [0.2, 0.25) is 0 Å². The quantitative estimate of drug-likeness (QED) is 0.783. The molecule has 5 heteroatoms. The highest BCUT2D eigenvalue weighted by atomic mass is 32.1. The number of fused-ring (bicyclic) bond motifs is 1. The molecule has 2 aliphatic rings. The van der Waals surface area contributed by atoms with Crippen molar-refractivity contribution in [2.45, 2.75) is 25.4 Å². The van der Waals surface area contributed by atoms with Gasteiger partial charge in [-0.2, -0.15) is 0 Å². The molecule has 0 unspecified atom stereocenters. The topological polar surface area (TPSA) is 44.4 Å². The van der Waals surface area contributed by atoms with E-state index in [1.165, 1.54) is 5.56 Å². The molecule has 0 atom stereocenters. The largest absolute Gasteiger partial charge is 0.323 e. The molecule has 1 aromatic heterocycles. The van der Waals surface area contributed by atoms with Crippen LogP contribution in [0.15, 0.2) is 11.4 Å². The molecule has 0 radical (unpaired) electrons. The maximum atomic E-state index is 12.0. The van der Waals surface area contributed by atoms with Gasteiger partial charge in [0.2, 0.25) is 0 Å². The average molecular weight is 237 g/mol. The number of anilines is 1. The van der Waals surface area contributed by atoms with Gasteiger partial charge in [-0.05, 0) is 37.4 Å². The van der Waals surface area contributed by atoms with Gasteiger partial charge in [-0.3, -0.25) is 5.32 Å². The molecule has 0 aromatic carbocycles. The third-order valence-corrected chi connectivity index (χ3v) is 4.19. The number of carbonyl (C=O) groups is 1. The van der Waals surface area contributed by atoms with E-state index in [0.717, 1.165) is 37.5 Å². The van der Waals surface area contributed by atoms with Crippen molar-refractivity contribution in [1.82, 2.24) is 10.2 Å². The Morgan fingerprint density at radius 2 is 2.19 bits per heavy atom. The van der Waals surface area contributed by atoms with E-state index in [2.05, 4.69) is 16.7 Å². The van der Waals surface area contributed by atoms with Gasteiger partial charge in [-0.1, -0.05) is 0 Å². The number of hydrogen-bond donors (Lipinski definition) is 2. The minimum atomic E-state index is 0.0712. The van der Waals surface area contributed by atoms with Gasteiger partial charge in [0.25, 0.3) is 0 Å². The van der Waals surface area contributed by atoms with Crippen molar-refractivity contribution in [3.63, 3.8) is 0 Å². The van der Waals surface area contributed by atoms with E-state index in [0.29, 0.717) is 6.04 Å². The summed E-state index contributed by atoms with van der Waals surface area (Å²) >= 11 is 1.61.